The van der Waals surface area contributed by atoms with Crippen LogP contribution in [0.4, 0.5) is 0 Å². The van der Waals surface area contributed by atoms with E-state index in [0.29, 0.717) is 5.92 Å². The molecule has 9 atom stereocenters. The van der Waals surface area contributed by atoms with E-state index in [0.717, 1.165) is 25.2 Å². The number of ketones is 1. The standard InChI is InChI=1S/C28H38O4/c1-5-20-19-13-18-15(2)17(16-9-7-6-8-10-16)14-21(18)31-23(19)24-25-27(3,26(30)32-24)12-11-22(29)28(20,25)4/h11-12,16-17,19-21,23-25H,5-10,13-14H2,1-4H3/t17-,19+,20+,21+,23+,24+,25+,27-,28+/m1/s1. The number of carbonyl (C=O) groups excluding carboxylic acids is 2. The molecule has 6 aliphatic rings. The van der Waals surface area contributed by atoms with E-state index in [1.165, 1.54) is 37.7 Å². The molecule has 4 heteroatoms. The summed E-state index contributed by atoms with van der Waals surface area (Å²) in [6.07, 6.45) is 13.1. The third-order valence-electron chi connectivity index (χ3n) is 10.8. The fraction of sp³-hybridized carbons (Fsp3) is 0.786. The lowest BCUT2D eigenvalue weighted by Gasteiger charge is -2.58. The highest BCUT2D eigenvalue weighted by Gasteiger charge is 2.72. The summed E-state index contributed by atoms with van der Waals surface area (Å²) in [4.78, 5) is 26.5. The van der Waals surface area contributed by atoms with Crippen LogP contribution in [0.1, 0.15) is 79.1 Å². The first-order valence-corrected chi connectivity index (χ1v) is 13.1. The van der Waals surface area contributed by atoms with Gasteiger partial charge in [0.25, 0.3) is 0 Å². The second-order valence-electron chi connectivity index (χ2n) is 12.0. The van der Waals surface area contributed by atoms with Gasteiger partial charge >= 0.3 is 5.97 Å². The normalized spacial score (nSPS) is 50.2. The molecule has 0 radical (unpaired) electrons. The van der Waals surface area contributed by atoms with Crippen molar-refractivity contribution in [2.45, 2.75) is 97.4 Å². The lowest BCUT2D eigenvalue weighted by atomic mass is 9.45. The summed E-state index contributed by atoms with van der Waals surface area (Å²) in [5, 5.41) is 0. The lowest BCUT2D eigenvalue weighted by molar-refractivity contribution is -0.202. The molecule has 32 heavy (non-hydrogen) atoms. The van der Waals surface area contributed by atoms with Crippen LogP contribution in [0.3, 0.4) is 0 Å². The van der Waals surface area contributed by atoms with Crippen LogP contribution in [-0.4, -0.2) is 30.1 Å². The van der Waals surface area contributed by atoms with E-state index in [1.807, 2.05) is 13.0 Å². The van der Waals surface area contributed by atoms with Gasteiger partial charge in [-0.25, -0.2) is 0 Å². The Labute approximate surface area is 192 Å². The molecule has 0 spiro atoms. The molecule has 0 unspecified atom stereocenters. The third kappa shape index (κ3) is 2.54. The van der Waals surface area contributed by atoms with Crippen molar-refractivity contribution in [3.63, 3.8) is 0 Å². The van der Waals surface area contributed by atoms with Crippen LogP contribution >= 0.6 is 0 Å². The van der Waals surface area contributed by atoms with Crippen LogP contribution < -0.4 is 0 Å². The van der Waals surface area contributed by atoms with Crippen molar-refractivity contribution >= 4 is 11.8 Å². The minimum atomic E-state index is -0.721. The Morgan fingerprint density at radius 1 is 1.09 bits per heavy atom. The number of rotatable bonds is 2. The van der Waals surface area contributed by atoms with Crippen molar-refractivity contribution in [1.82, 2.24) is 0 Å². The second kappa shape index (κ2) is 7.04. The van der Waals surface area contributed by atoms with Crippen molar-refractivity contribution < 1.29 is 19.1 Å². The molecule has 4 aliphatic carbocycles. The summed E-state index contributed by atoms with van der Waals surface area (Å²) in [5.41, 5.74) is 1.79. The van der Waals surface area contributed by atoms with Crippen molar-refractivity contribution in [1.29, 1.82) is 0 Å². The average molecular weight is 439 g/mol. The predicted molar refractivity (Wildman–Crippen MR) is 122 cm³/mol. The van der Waals surface area contributed by atoms with Crippen LogP contribution in [0.5, 0.6) is 0 Å². The van der Waals surface area contributed by atoms with Crippen LogP contribution in [0.25, 0.3) is 0 Å². The van der Waals surface area contributed by atoms with Gasteiger partial charge in [-0.3, -0.25) is 9.59 Å². The molecule has 2 saturated carbocycles. The maximum atomic E-state index is 13.4. The van der Waals surface area contributed by atoms with Crippen molar-refractivity contribution in [2.75, 3.05) is 0 Å². The first kappa shape index (κ1) is 21.1. The summed E-state index contributed by atoms with van der Waals surface area (Å²) >= 11 is 0. The van der Waals surface area contributed by atoms with Crippen molar-refractivity contribution in [2.24, 2.45) is 40.4 Å². The summed E-state index contributed by atoms with van der Waals surface area (Å²) in [5.74, 6) is 1.76. The van der Waals surface area contributed by atoms with Crippen LogP contribution in [0.2, 0.25) is 0 Å². The van der Waals surface area contributed by atoms with Gasteiger partial charge in [-0.05, 0) is 74.9 Å². The monoisotopic (exact) mass is 438 g/mol. The topological polar surface area (TPSA) is 52.6 Å². The smallest absolute Gasteiger partial charge is 0.316 e. The molecule has 2 heterocycles. The average Bonchev–Trinajstić information content (AvgIpc) is 3.26. The zero-order valence-corrected chi connectivity index (χ0v) is 20.1. The van der Waals surface area contributed by atoms with E-state index in [2.05, 4.69) is 20.8 Å². The van der Waals surface area contributed by atoms with Gasteiger partial charge in [-0.15, -0.1) is 0 Å². The SMILES string of the molecule is CC[C@H]1[C@@H]2CC3=C(C)[C@H](C4CCCCC4)C[C@@H]3O[C@@H]2[C@@H]2OC(=O)[C@]3(C)C=CC(=O)[C@@]1(C)[C@@H]23. The van der Waals surface area contributed by atoms with Crippen LogP contribution in [-0.2, 0) is 19.1 Å². The van der Waals surface area contributed by atoms with E-state index in [1.54, 1.807) is 11.6 Å². The number of carbonyl (C=O) groups is 2. The van der Waals surface area contributed by atoms with E-state index in [4.69, 9.17) is 9.47 Å². The molecule has 2 saturated heterocycles. The molecular formula is C28H38O4. The van der Waals surface area contributed by atoms with Crippen molar-refractivity contribution in [3.05, 3.63) is 23.3 Å². The summed E-state index contributed by atoms with van der Waals surface area (Å²) < 4.78 is 13.0. The molecule has 0 amide bonds. The Morgan fingerprint density at radius 2 is 1.84 bits per heavy atom. The van der Waals surface area contributed by atoms with E-state index in [9.17, 15) is 9.59 Å². The van der Waals surface area contributed by atoms with E-state index >= 15 is 0 Å². The molecule has 0 aromatic rings. The van der Waals surface area contributed by atoms with Gasteiger partial charge in [0.05, 0.1) is 17.6 Å². The number of esters is 1. The Morgan fingerprint density at radius 3 is 2.56 bits per heavy atom. The van der Waals surface area contributed by atoms with Crippen LogP contribution in [0.15, 0.2) is 23.3 Å². The zero-order chi connectivity index (χ0) is 22.4. The molecule has 2 aliphatic heterocycles. The Bertz CT molecular complexity index is 910. The highest BCUT2D eigenvalue weighted by atomic mass is 16.6. The molecule has 0 bridgehead atoms. The van der Waals surface area contributed by atoms with Gasteiger partial charge in [0.2, 0.25) is 0 Å². The molecule has 174 valence electrons. The number of hydrogen-bond donors (Lipinski definition) is 0. The zero-order valence-electron chi connectivity index (χ0n) is 20.1. The van der Waals surface area contributed by atoms with Crippen molar-refractivity contribution in [3.8, 4) is 0 Å². The Hall–Kier alpha value is -1.42. The molecule has 0 aromatic heterocycles. The highest BCUT2D eigenvalue weighted by Crippen LogP contribution is 2.65. The molecule has 4 fully saturated rings. The predicted octanol–water partition coefficient (Wildman–Crippen LogP) is 5.41. The lowest BCUT2D eigenvalue weighted by Crippen LogP contribution is -2.64. The largest absolute Gasteiger partial charge is 0.459 e. The second-order valence-corrected chi connectivity index (χ2v) is 12.0. The Balaban J connectivity index is 1.39. The fourth-order valence-electron chi connectivity index (χ4n) is 9.25. The maximum Gasteiger partial charge on any atom is 0.316 e. The fourth-order valence-corrected chi connectivity index (χ4v) is 9.25. The highest BCUT2D eigenvalue weighted by molar-refractivity contribution is 6.00. The quantitative estimate of drug-likeness (QED) is 0.427. The Kier molecular flexibility index (Phi) is 4.65. The number of hydrogen-bond acceptors (Lipinski definition) is 4. The van der Waals surface area contributed by atoms with Gasteiger partial charge in [-0.1, -0.05) is 51.2 Å². The maximum absolute atomic E-state index is 13.4. The van der Waals surface area contributed by atoms with Crippen LogP contribution in [0, 0.1) is 40.4 Å². The number of fused-ring (bicyclic) bond motifs is 3. The summed E-state index contributed by atoms with van der Waals surface area (Å²) in [7, 11) is 0. The minimum absolute atomic E-state index is 0.0882. The third-order valence-corrected chi connectivity index (χ3v) is 10.8. The minimum Gasteiger partial charge on any atom is -0.459 e. The molecule has 0 aromatic carbocycles. The van der Waals surface area contributed by atoms with Gasteiger partial charge in [0.15, 0.2) is 5.78 Å². The molecule has 4 nitrogen and oxygen atoms in total. The summed E-state index contributed by atoms with van der Waals surface area (Å²) in [6, 6.07) is 0. The molecule has 6 rings (SSSR count). The first-order chi connectivity index (χ1) is 15.3. The molecular weight excluding hydrogens is 400 g/mol. The van der Waals surface area contributed by atoms with Gasteiger partial charge < -0.3 is 9.47 Å². The van der Waals surface area contributed by atoms with E-state index in [-0.39, 0.29) is 47.8 Å². The van der Waals surface area contributed by atoms with E-state index < -0.39 is 10.8 Å². The summed E-state index contributed by atoms with van der Waals surface area (Å²) in [6.45, 7) is 8.66. The number of allylic oxidation sites excluding steroid dienone is 2. The van der Waals surface area contributed by atoms with Gasteiger partial charge in [0, 0.05) is 11.3 Å². The van der Waals surface area contributed by atoms with Gasteiger partial charge in [0.1, 0.15) is 6.10 Å². The number of ether oxygens (including phenoxy) is 2. The molecule has 0 N–H and O–H groups in total. The first-order valence-electron chi connectivity index (χ1n) is 13.1. The van der Waals surface area contributed by atoms with Gasteiger partial charge in [-0.2, -0.15) is 0 Å².